The summed E-state index contributed by atoms with van der Waals surface area (Å²) >= 11 is 0. The maximum absolute atomic E-state index is 11.7. The third kappa shape index (κ3) is 4.06. The van der Waals surface area contributed by atoms with Gasteiger partial charge in [-0.15, -0.1) is 0 Å². The van der Waals surface area contributed by atoms with E-state index in [0.29, 0.717) is 18.0 Å². The Bertz CT molecular complexity index is 523. The molecule has 5 heteroatoms. The Morgan fingerprint density at radius 1 is 1.37 bits per heavy atom. The standard InChI is InChI=1S/C14H16N2O3/c1-18-13-4-2-3-12(9-13)16-14(17)15-7-5-11-6-8-19-10-11/h2-4,6,8-10H,5,7H2,1H3,(H2,15,16,17). The molecule has 19 heavy (non-hydrogen) atoms. The van der Waals surface area contributed by atoms with Gasteiger partial charge in [-0.1, -0.05) is 6.07 Å². The highest BCUT2D eigenvalue weighted by Crippen LogP contribution is 2.16. The van der Waals surface area contributed by atoms with E-state index in [4.69, 9.17) is 9.15 Å². The molecular weight excluding hydrogens is 244 g/mol. The van der Waals surface area contributed by atoms with Gasteiger partial charge in [-0.05, 0) is 30.2 Å². The molecule has 0 spiro atoms. The second kappa shape index (κ2) is 6.49. The lowest BCUT2D eigenvalue weighted by Gasteiger charge is -2.08. The molecule has 0 fully saturated rings. The van der Waals surface area contributed by atoms with Crippen LogP contribution in [0, 0.1) is 0 Å². The lowest BCUT2D eigenvalue weighted by molar-refractivity contribution is 0.252. The van der Waals surface area contributed by atoms with Crippen LogP contribution in [-0.4, -0.2) is 19.7 Å². The first kappa shape index (κ1) is 13.0. The van der Waals surface area contributed by atoms with Crippen LogP contribution in [0.15, 0.2) is 47.3 Å². The van der Waals surface area contributed by atoms with Gasteiger partial charge in [-0.3, -0.25) is 0 Å². The first-order valence-corrected chi connectivity index (χ1v) is 5.98. The molecular formula is C14H16N2O3. The molecule has 0 aliphatic heterocycles. The van der Waals surface area contributed by atoms with Gasteiger partial charge >= 0.3 is 6.03 Å². The minimum absolute atomic E-state index is 0.239. The van der Waals surface area contributed by atoms with E-state index >= 15 is 0 Å². The minimum Gasteiger partial charge on any atom is -0.497 e. The number of urea groups is 1. The highest BCUT2D eigenvalue weighted by Gasteiger charge is 2.02. The van der Waals surface area contributed by atoms with E-state index in [0.717, 1.165) is 12.0 Å². The highest BCUT2D eigenvalue weighted by molar-refractivity contribution is 5.89. The number of anilines is 1. The average molecular weight is 260 g/mol. The Morgan fingerprint density at radius 2 is 2.26 bits per heavy atom. The third-order valence-corrected chi connectivity index (χ3v) is 2.61. The summed E-state index contributed by atoms with van der Waals surface area (Å²) in [4.78, 5) is 11.7. The van der Waals surface area contributed by atoms with E-state index in [1.165, 1.54) is 0 Å². The number of amides is 2. The van der Waals surface area contributed by atoms with E-state index in [-0.39, 0.29) is 6.03 Å². The van der Waals surface area contributed by atoms with Crippen LogP contribution in [0.2, 0.25) is 0 Å². The smallest absolute Gasteiger partial charge is 0.319 e. The van der Waals surface area contributed by atoms with Crippen molar-refractivity contribution in [2.75, 3.05) is 19.0 Å². The molecule has 2 aromatic rings. The Balaban J connectivity index is 1.77. The van der Waals surface area contributed by atoms with Crippen molar-refractivity contribution in [2.45, 2.75) is 6.42 Å². The van der Waals surface area contributed by atoms with Gasteiger partial charge in [0.1, 0.15) is 5.75 Å². The van der Waals surface area contributed by atoms with Crippen molar-refractivity contribution >= 4 is 11.7 Å². The van der Waals surface area contributed by atoms with E-state index in [2.05, 4.69) is 10.6 Å². The molecule has 0 aliphatic carbocycles. The summed E-state index contributed by atoms with van der Waals surface area (Å²) in [6.45, 7) is 0.551. The highest BCUT2D eigenvalue weighted by atomic mass is 16.5. The summed E-state index contributed by atoms with van der Waals surface area (Å²) in [6, 6.07) is 8.84. The second-order valence-corrected chi connectivity index (χ2v) is 3.99. The number of hydrogen-bond acceptors (Lipinski definition) is 3. The van der Waals surface area contributed by atoms with E-state index in [9.17, 15) is 4.79 Å². The summed E-state index contributed by atoms with van der Waals surface area (Å²) in [7, 11) is 1.59. The molecule has 0 radical (unpaired) electrons. The molecule has 0 bridgehead atoms. The molecule has 1 aromatic carbocycles. The van der Waals surface area contributed by atoms with E-state index < -0.39 is 0 Å². The molecule has 1 heterocycles. The lowest BCUT2D eigenvalue weighted by atomic mass is 10.2. The summed E-state index contributed by atoms with van der Waals surface area (Å²) in [5.41, 5.74) is 1.75. The number of carbonyl (C=O) groups is 1. The molecule has 2 amide bonds. The van der Waals surface area contributed by atoms with Crippen LogP contribution in [0.5, 0.6) is 5.75 Å². The monoisotopic (exact) mass is 260 g/mol. The minimum atomic E-state index is -0.239. The van der Waals surface area contributed by atoms with Crippen LogP contribution < -0.4 is 15.4 Å². The van der Waals surface area contributed by atoms with Gasteiger partial charge in [0.2, 0.25) is 0 Å². The Morgan fingerprint density at radius 3 is 3.00 bits per heavy atom. The fourth-order valence-electron chi connectivity index (χ4n) is 1.63. The van der Waals surface area contributed by atoms with Crippen molar-refractivity contribution in [3.63, 3.8) is 0 Å². The SMILES string of the molecule is COc1cccc(NC(=O)NCCc2ccoc2)c1. The largest absolute Gasteiger partial charge is 0.497 e. The predicted molar refractivity (Wildman–Crippen MR) is 72.4 cm³/mol. The molecule has 0 saturated heterocycles. The molecule has 0 saturated carbocycles. The Kier molecular flexibility index (Phi) is 4.44. The van der Waals surface area contributed by atoms with Crippen molar-refractivity contribution in [1.29, 1.82) is 0 Å². The third-order valence-electron chi connectivity index (χ3n) is 2.61. The summed E-state index contributed by atoms with van der Waals surface area (Å²) in [5, 5.41) is 5.52. The van der Waals surface area contributed by atoms with E-state index in [1.54, 1.807) is 31.8 Å². The zero-order chi connectivity index (χ0) is 13.5. The van der Waals surface area contributed by atoms with E-state index in [1.807, 2.05) is 18.2 Å². The van der Waals surface area contributed by atoms with Crippen LogP contribution >= 0.6 is 0 Å². The molecule has 100 valence electrons. The molecule has 2 rings (SSSR count). The molecule has 1 aromatic heterocycles. The predicted octanol–water partition coefficient (Wildman–Crippen LogP) is 2.65. The first-order chi connectivity index (χ1) is 9.28. The number of methoxy groups -OCH3 is 1. The Hall–Kier alpha value is -2.43. The van der Waals surface area contributed by atoms with Crippen molar-refractivity contribution in [2.24, 2.45) is 0 Å². The number of furan rings is 1. The van der Waals surface area contributed by atoms with Gasteiger partial charge in [0.05, 0.1) is 19.6 Å². The summed E-state index contributed by atoms with van der Waals surface area (Å²) in [5.74, 6) is 0.705. The fraction of sp³-hybridized carbons (Fsp3) is 0.214. The number of benzene rings is 1. The number of rotatable bonds is 5. The van der Waals surface area contributed by atoms with Crippen LogP contribution in [-0.2, 0) is 6.42 Å². The van der Waals surface area contributed by atoms with Crippen molar-refractivity contribution in [1.82, 2.24) is 5.32 Å². The van der Waals surface area contributed by atoms with Crippen LogP contribution in [0.1, 0.15) is 5.56 Å². The van der Waals surface area contributed by atoms with Crippen LogP contribution in [0.4, 0.5) is 10.5 Å². The van der Waals surface area contributed by atoms with Gasteiger partial charge in [0, 0.05) is 18.3 Å². The molecule has 5 nitrogen and oxygen atoms in total. The van der Waals surface area contributed by atoms with Gasteiger partial charge in [0.15, 0.2) is 0 Å². The maximum atomic E-state index is 11.7. The van der Waals surface area contributed by atoms with Crippen molar-refractivity contribution in [3.8, 4) is 5.75 Å². The molecule has 2 N–H and O–H groups in total. The van der Waals surface area contributed by atoms with Crippen molar-refractivity contribution < 1.29 is 13.9 Å². The normalized spacial score (nSPS) is 9.95. The summed E-state index contributed by atoms with van der Waals surface area (Å²) < 4.78 is 10.0. The number of nitrogens with one attached hydrogen (secondary N) is 2. The fourth-order valence-corrected chi connectivity index (χ4v) is 1.63. The van der Waals surface area contributed by atoms with Gasteiger partial charge in [-0.2, -0.15) is 0 Å². The van der Waals surface area contributed by atoms with Crippen molar-refractivity contribution in [3.05, 3.63) is 48.4 Å². The molecule has 0 unspecified atom stereocenters. The van der Waals surface area contributed by atoms with Gasteiger partial charge in [-0.25, -0.2) is 4.79 Å². The zero-order valence-electron chi connectivity index (χ0n) is 10.7. The Labute approximate surface area is 111 Å². The maximum Gasteiger partial charge on any atom is 0.319 e. The molecule has 0 atom stereocenters. The average Bonchev–Trinajstić information content (AvgIpc) is 2.92. The quantitative estimate of drug-likeness (QED) is 0.868. The summed E-state index contributed by atoms with van der Waals surface area (Å²) in [6.07, 6.45) is 4.02. The number of ether oxygens (including phenoxy) is 1. The molecule has 0 aliphatic rings. The number of carbonyl (C=O) groups excluding carboxylic acids is 1. The van der Waals surface area contributed by atoms with Gasteiger partial charge in [0.25, 0.3) is 0 Å². The lowest BCUT2D eigenvalue weighted by Crippen LogP contribution is -2.30. The first-order valence-electron chi connectivity index (χ1n) is 5.98. The second-order valence-electron chi connectivity index (χ2n) is 3.99. The van der Waals surface area contributed by atoms with Gasteiger partial charge < -0.3 is 19.8 Å². The topological polar surface area (TPSA) is 63.5 Å². The van der Waals surface area contributed by atoms with Crippen LogP contribution in [0.25, 0.3) is 0 Å². The number of hydrogen-bond donors (Lipinski definition) is 2. The zero-order valence-corrected chi connectivity index (χ0v) is 10.7. The van der Waals surface area contributed by atoms with Crippen LogP contribution in [0.3, 0.4) is 0 Å².